The Labute approximate surface area is 343 Å². The van der Waals surface area contributed by atoms with Crippen molar-refractivity contribution in [2.75, 3.05) is 29.0 Å². The number of benzene rings is 2. The van der Waals surface area contributed by atoms with Gasteiger partial charge in [-0.2, -0.15) is 0 Å². The Kier molecular flexibility index (Phi) is 13.4. The van der Waals surface area contributed by atoms with Gasteiger partial charge in [-0.25, -0.2) is 54.2 Å². The van der Waals surface area contributed by atoms with E-state index < -0.39 is 55.6 Å². The first kappa shape index (κ1) is 44.9. The molecule has 2 atom stereocenters. The Balaban J connectivity index is 1.63. The molecule has 59 heavy (non-hydrogen) atoms. The number of rotatable bonds is 14. The lowest BCUT2D eigenvalue weighted by Gasteiger charge is -2.39. The van der Waals surface area contributed by atoms with E-state index >= 15 is 0 Å². The number of hydrogen-bond acceptors (Lipinski definition) is 11. The number of carbonyl (C=O) groups is 1. The zero-order chi connectivity index (χ0) is 43.6. The number of aromatic nitrogens is 4. The topological polar surface area (TPSA) is 182 Å². The summed E-state index contributed by atoms with van der Waals surface area (Å²) in [6.45, 7) is 10.7. The summed E-state index contributed by atoms with van der Waals surface area (Å²) in [6.07, 6.45) is 4.67. The van der Waals surface area contributed by atoms with Crippen LogP contribution < -0.4 is 8.61 Å². The predicted molar refractivity (Wildman–Crippen MR) is 222 cm³/mol. The fourth-order valence-corrected chi connectivity index (χ4v) is 7.57. The SMILES string of the molecule is CC(C)c1nc(N(C)S(C)(=O)=O)nc(-c2ccc(F)cc2)c1/C=C/S(=O)(=O)N(C)c1nc(-c2ccc(F)cc2)c(/C=C/[C@@H]2C[C@H](CC(=O)O)OC(C)(C)O2)c(C(C)C)n1. The molecule has 4 aromatic rings. The average molecular weight is 855 g/mol. The predicted octanol–water partition coefficient (Wildman–Crippen LogP) is 7.36. The van der Waals surface area contributed by atoms with Crippen molar-refractivity contribution in [3.8, 4) is 22.5 Å². The molecule has 2 aromatic heterocycles. The molecular weight excluding hydrogens is 807 g/mol. The van der Waals surface area contributed by atoms with Crippen LogP contribution in [-0.4, -0.2) is 86.2 Å². The van der Waals surface area contributed by atoms with Crippen molar-refractivity contribution in [2.24, 2.45) is 0 Å². The lowest BCUT2D eigenvalue weighted by Crippen LogP contribution is -2.44. The standard InChI is InChI=1S/C41H48F2N6O8S2/c1-24(2)35-32(19-18-30-22-31(23-34(50)51)57-41(5,6)56-30)37(26-10-14-28(42)15-11-26)47-40(45-35)49(8)59(54,55)21-20-33-36(25(3)4)44-39(48(7)58(9,52)53)46-38(33)27-12-16-29(43)17-13-27/h10-21,24-25,30-31H,22-23H2,1-9H3,(H,50,51)/b19-18+,21-20+/t30-,31-/m1/s1. The van der Waals surface area contributed by atoms with Crippen LogP contribution in [-0.2, 0) is 34.3 Å². The maximum atomic E-state index is 14.2. The molecule has 14 nitrogen and oxygen atoms in total. The number of carboxylic acid groups (broad SMARTS) is 1. The van der Waals surface area contributed by atoms with Crippen molar-refractivity contribution >= 4 is 50.1 Å². The van der Waals surface area contributed by atoms with Crippen LogP contribution in [0.5, 0.6) is 0 Å². The molecule has 5 rings (SSSR count). The Hall–Kier alpha value is -5.17. The molecule has 0 radical (unpaired) electrons. The molecule has 18 heteroatoms. The van der Waals surface area contributed by atoms with Gasteiger partial charge in [-0.3, -0.25) is 4.79 Å². The minimum absolute atomic E-state index is 0.156. The number of hydrogen-bond donors (Lipinski definition) is 1. The Morgan fingerprint density at radius 3 is 1.69 bits per heavy atom. The molecule has 316 valence electrons. The Morgan fingerprint density at radius 1 is 0.797 bits per heavy atom. The third-order valence-corrected chi connectivity index (χ3v) is 11.9. The monoisotopic (exact) mass is 854 g/mol. The van der Waals surface area contributed by atoms with Crippen molar-refractivity contribution < 1.29 is 45.0 Å². The summed E-state index contributed by atoms with van der Waals surface area (Å²) in [6, 6.07) is 10.9. The fraction of sp³-hybridized carbons (Fsp3) is 0.390. The van der Waals surface area contributed by atoms with E-state index in [0.29, 0.717) is 33.8 Å². The van der Waals surface area contributed by atoms with Gasteiger partial charge in [-0.15, -0.1) is 0 Å². The third-order valence-electron chi connectivity index (χ3n) is 9.37. The lowest BCUT2D eigenvalue weighted by molar-refractivity contribution is -0.290. The molecule has 0 bridgehead atoms. The van der Waals surface area contributed by atoms with E-state index in [1.54, 1.807) is 39.8 Å². The number of halogens is 2. The van der Waals surface area contributed by atoms with E-state index in [1.807, 2.05) is 13.8 Å². The van der Waals surface area contributed by atoms with Crippen molar-refractivity contribution in [1.29, 1.82) is 0 Å². The van der Waals surface area contributed by atoms with Gasteiger partial charge in [0.2, 0.25) is 21.9 Å². The largest absolute Gasteiger partial charge is 0.481 e. The summed E-state index contributed by atoms with van der Waals surface area (Å²) in [4.78, 5) is 30.0. The minimum Gasteiger partial charge on any atom is -0.481 e. The maximum absolute atomic E-state index is 14.2. The normalized spacial score (nSPS) is 17.3. The van der Waals surface area contributed by atoms with Gasteiger partial charge in [-0.05, 0) is 80.3 Å². The summed E-state index contributed by atoms with van der Waals surface area (Å²) in [5.74, 6) is -4.06. The summed E-state index contributed by atoms with van der Waals surface area (Å²) >= 11 is 0. The second-order valence-corrected chi connectivity index (χ2v) is 19.1. The molecule has 1 saturated heterocycles. The highest BCUT2D eigenvalue weighted by molar-refractivity contribution is 7.95. The van der Waals surface area contributed by atoms with E-state index in [2.05, 4.69) is 9.97 Å². The van der Waals surface area contributed by atoms with Crippen LogP contribution >= 0.6 is 0 Å². The van der Waals surface area contributed by atoms with Crippen LogP contribution in [0, 0.1) is 11.6 Å². The quantitative estimate of drug-likeness (QED) is 0.133. The molecule has 0 spiro atoms. The van der Waals surface area contributed by atoms with E-state index in [0.717, 1.165) is 20.3 Å². The highest BCUT2D eigenvalue weighted by Gasteiger charge is 2.36. The maximum Gasteiger partial charge on any atom is 0.305 e. The van der Waals surface area contributed by atoms with Crippen LogP contribution in [0.1, 0.15) is 88.7 Å². The third kappa shape index (κ3) is 10.9. The molecule has 0 unspecified atom stereocenters. The first-order valence-corrected chi connectivity index (χ1v) is 22.0. The molecule has 0 amide bonds. The van der Waals surface area contributed by atoms with Crippen molar-refractivity contribution in [1.82, 2.24) is 19.9 Å². The zero-order valence-corrected chi connectivity index (χ0v) is 35.8. The molecule has 1 aliphatic heterocycles. The molecule has 1 N–H and O–H groups in total. The van der Waals surface area contributed by atoms with Gasteiger partial charge in [-0.1, -0.05) is 39.8 Å². The zero-order valence-electron chi connectivity index (χ0n) is 34.2. The lowest BCUT2D eigenvalue weighted by atomic mass is 9.97. The highest BCUT2D eigenvalue weighted by atomic mass is 32.2. The summed E-state index contributed by atoms with van der Waals surface area (Å²) < 4.78 is 95.3. The molecule has 3 heterocycles. The number of aliphatic carboxylic acids is 1. The Morgan fingerprint density at radius 2 is 1.25 bits per heavy atom. The number of nitrogens with zero attached hydrogens (tertiary/aromatic N) is 6. The second-order valence-electron chi connectivity index (χ2n) is 15.2. The first-order chi connectivity index (χ1) is 27.5. The molecule has 0 saturated carbocycles. The number of anilines is 2. The van der Waals surface area contributed by atoms with E-state index in [9.17, 15) is 35.5 Å². The van der Waals surface area contributed by atoms with Gasteiger partial charge in [0.15, 0.2) is 5.79 Å². The number of ether oxygens (including phenoxy) is 2. The van der Waals surface area contributed by atoms with Gasteiger partial charge in [0, 0.05) is 42.8 Å². The summed E-state index contributed by atoms with van der Waals surface area (Å²) in [7, 11) is -5.60. The van der Waals surface area contributed by atoms with Crippen LogP contribution in [0.15, 0.2) is 60.0 Å². The van der Waals surface area contributed by atoms with Crippen molar-refractivity contribution in [3.63, 3.8) is 0 Å². The van der Waals surface area contributed by atoms with E-state index in [4.69, 9.17) is 19.4 Å². The first-order valence-electron chi connectivity index (χ1n) is 18.7. The van der Waals surface area contributed by atoms with Crippen molar-refractivity contribution in [3.05, 3.63) is 94.2 Å². The van der Waals surface area contributed by atoms with E-state index in [1.165, 1.54) is 68.7 Å². The molecule has 1 fully saturated rings. The molecular formula is C41H48F2N6O8S2. The van der Waals surface area contributed by atoms with Gasteiger partial charge < -0.3 is 14.6 Å². The fourth-order valence-electron chi connectivity index (χ4n) is 6.39. The molecule has 1 aliphatic rings. The summed E-state index contributed by atoms with van der Waals surface area (Å²) in [5.41, 5.74) is 2.89. The second kappa shape index (κ2) is 17.6. The minimum atomic E-state index is -4.38. The van der Waals surface area contributed by atoms with E-state index in [-0.39, 0.29) is 47.8 Å². The van der Waals surface area contributed by atoms with Crippen LogP contribution in [0.3, 0.4) is 0 Å². The van der Waals surface area contributed by atoms with Gasteiger partial charge >= 0.3 is 5.97 Å². The van der Waals surface area contributed by atoms with Gasteiger partial charge in [0.25, 0.3) is 10.0 Å². The van der Waals surface area contributed by atoms with Crippen LogP contribution in [0.2, 0.25) is 0 Å². The highest BCUT2D eigenvalue weighted by Crippen LogP contribution is 2.35. The van der Waals surface area contributed by atoms with Crippen LogP contribution in [0.25, 0.3) is 34.7 Å². The summed E-state index contributed by atoms with van der Waals surface area (Å²) in [5, 5.41) is 10.3. The number of carboxylic acids is 1. The Bertz CT molecular complexity index is 2480. The van der Waals surface area contributed by atoms with Gasteiger partial charge in [0.1, 0.15) is 11.6 Å². The molecule has 2 aromatic carbocycles. The average Bonchev–Trinajstić information content (AvgIpc) is 3.14. The number of sulfonamides is 2. The van der Waals surface area contributed by atoms with Gasteiger partial charge in [0.05, 0.1) is 53.1 Å². The smallest absolute Gasteiger partial charge is 0.305 e. The van der Waals surface area contributed by atoms with Crippen LogP contribution in [0.4, 0.5) is 20.7 Å². The molecule has 0 aliphatic carbocycles. The van der Waals surface area contributed by atoms with Crippen molar-refractivity contribution in [2.45, 2.75) is 84.2 Å².